The molecule has 0 atom stereocenters. The van der Waals surface area contributed by atoms with Crippen LogP contribution in [0, 0.1) is 0 Å². The third kappa shape index (κ3) is 4.38. The van der Waals surface area contributed by atoms with Crippen LogP contribution >= 0.6 is 23.2 Å². The second kappa shape index (κ2) is 7.34. The summed E-state index contributed by atoms with van der Waals surface area (Å²) in [7, 11) is 0. The van der Waals surface area contributed by atoms with Gasteiger partial charge in [-0.3, -0.25) is 4.79 Å². The Bertz CT molecular complexity index is 644. The summed E-state index contributed by atoms with van der Waals surface area (Å²) in [6.07, 6.45) is 0.859. The molecule has 0 aliphatic rings. The van der Waals surface area contributed by atoms with Crippen molar-refractivity contribution in [3.05, 3.63) is 58.1 Å². The van der Waals surface area contributed by atoms with Crippen molar-refractivity contribution in [2.75, 3.05) is 11.9 Å². The molecule has 0 aliphatic carbocycles. The summed E-state index contributed by atoms with van der Waals surface area (Å²) in [6, 6.07) is 11.9. The first-order valence-corrected chi connectivity index (χ1v) is 7.35. The van der Waals surface area contributed by atoms with E-state index in [1.54, 1.807) is 42.5 Å². The highest BCUT2D eigenvalue weighted by atomic mass is 35.5. The highest BCUT2D eigenvalue weighted by Crippen LogP contribution is 2.25. The van der Waals surface area contributed by atoms with Gasteiger partial charge in [-0.25, -0.2) is 0 Å². The van der Waals surface area contributed by atoms with Crippen molar-refractivity contribution in [2.45, 2.75) is 13.3 Å². The van der Waals surface area contributed by atoms with E-state index in [0.717, 1.165) is 6.42 Å². The number of nitrogens with one attached hydrogen (secondary N) is 1. The first-order valence-electron chi connectivity index (χ1n) is 6.59. The van der Waals surface area contributed by atoms with E-state index in [0.29, 0.717) is 33.7 Å². The fourth-order valence-electron chi connectivity index (χ4n) is 1.78. The standard InChI is InChI=1S/C16H15Cl2NO2/c1-2-8-21-15-7-6-12(18)10-14(15)16(20)19-13-5-3-4-11(17)9-13/h3-7,9-10H,2,8H2,1H3,(H,19,20). The van der Waals surface area contributed by atoms with Gasteiger partial charge in [0.05, 0.1) is 12.2 Å². The van der Waals surface area contributed by atoms with Crippen LogP contribution < -0.4 is 10.1 Å². The molecule has 0 unspecified atom stereocenters. The normalized spacial score (nSPS) is 10.2. The topological polar surface area (TPSA) is 38.3 Å². The summed E-state index contributed by atoms with van der Waals surface area (Å²) in [6.45, 7) is 2.54. The average molecular weight is 324 g/mol. The van der Waals surface area contributed by atoms with Crippen LogP contribution in [-0.4, -0.2) is 12.5 Å². The van der Waals surface area contributed by atoms with Crippen LogP contribution in [0.4, 0.5) is 5.69 Å². The molecule has 0 spiro atoms. The Labute approximate surface area is 133 Å². The zero-order valence-electron chi connectivity index (χ0n) is 11.5. The largest absolute Gasteiger partial charge is 0.493 e. The second-order valence-electron chi connectivity index (χ2n) is 4.45. The molecule has 0 bridgehead atoms. The molecule has 110 valence electrons. The Morgan fingerprint density at radius 3 is 2.62 bits per heavy atom. The Balaban J connectivity index is 2.23. The Morgan fingerprint density at radius 2 is 1.90 bits per heavy atom. The molecule has 0 aromatic heterocycles. The molecule has 0 aliphatic heterocycles. The molecule has 0 radical (unpaired) electrons. The molecule has 2 rings (SSSR count). The van der Waals surface area contributed by atoms with Gasteiger partial charge >= 0.3 is 0 Å². The molecular formula is C16H15Cl2NO2. The van der Waals surface area contributed by atoms with Gasteiger partial charge in [0, 0.05) is 15.7 Å². The van der Waals surface area contributed by atoms with Crippen molar-refractivity contribution in [1.82, 2.24) is 0 Å². The summed E-state index contributed by atoms with van der Waals surface area (Å²) >= 11 is 11.9. The highest BCUT2D eigenvalue weighted by Gasteiger charge is 2.14. The number of benzene rings is 2. The van der Waals surface area contributed by atoms with E-state index in [4.69, 9.17) is 27.9 Å². The number of carbonyl (C=O) groups excluding carboxylic acids is 1. The minimum atomic E-state index is -0.286. The smallest absolute Gasteiger partial charge is 0.259 e. The lowest BCUT2D eigenvalue weighted by Crippen LogP contribution is -2.14. The van der Waals surface area contributed by atoms with Crippen LogP contribution in [-0.2, 0) is 0 Å². The molecule has 21 heavy (non-hydrogen) atoms. The van der Waals surface area contributed by atoms with Gasteiger partial charge in [-0.05, 0) is 42.8 Å². The van der Waals surface area contributed by atoms with Gasteiger partial charge < -0.3 is 10.1 Å². The molecule has 0 heterocycles. The van der Waals surface area contributed by atoms with E-state index in [-0.39, 0.29) is 5.91 Å². The van der Waals surface area contributed by atoms with E-state index in [1.165, 1.54) is 0 Å². The van der Waals surface area contributed by atoms with Crippen LogP contribution in [0.15, 0.2) is 42.5 Å². The number of carbonyl (C=O) groups is 1. The fraction of sp³-hybridized carbons (Fsp3) is 0.188. The molecule has 2 aromatic carbocycles. The molecule has 0 saturated heterocycles. The lowest BCUT2D eigenvalue weighted by Gasteiger charge is -2.12. The molecule has 1 N–H and O–H groups in total. The van der Waals surface area contributed by atoms with E-state index in [1.807, 2.05) is 6.92 Å². The van der Waals surface area contributed by atoms with Gasteiger partial charge in [0.25, 0.3) is 5.91 Å². The maximum Gasteiger partial charge on any atom is 0.259 e. The summed E-state index contributed by atoms with van der Waals surface area (Å²) < 4.78 is 5.58. The summed E-state index contributed by atoms with van der Waals surface area (Å²) in [4.78, 5) is 12.4. The van der Waals surface area contributed by atoms with Crippen molar-refractivity contribution in [1.29, 1.82) is 0 Å². The second-order valence-corrected chi connectivity index (χ2v) is 5.33. The third-order valence-corrected chi connectivity index (χ3v) is 3.20. The van der Waals surface area contributed by atoms with Gasteiger partial charge in [0.1, 0.15) is 5.75 Å². The molecular weight excluding hydrogens is 309 g/mol. The van der Waals surface area contributed by atoms with Crippen molar-refractivity contribution < 1.29 is 9.53 Å². The van der Waals surface area contributed by atoms with E-state index in [2.05, 4.69) is 5.32 Å². The van der Waals surface area contributed by atoms with Gasteiger partial charge in [0.15, 0.2) is 0 Å². The zero-order valence-corrected chi connectivity index (χ0v) is 13.0. The average Bonchev–Trinajstić information content (AvgIpc) is 2.46. The summed E-state index contributed by atoms with van der Waals surface area (Å²) in [5.41, 5.74) is 1.02. The predicted octanol–water partition coefficient (Wildman–Crippen LogP) is 5.03. The zero-order chi connectivity index (χ0) is 15.2. The van der Waals surface area contributed by atoms with Gasteiger partial charge in [0.2, 0.25) is 0 Å². The maximum absolute atomic E-state index is 12.4. The summed E-state index contributed by atoms with van der Waals surface area (Å²) in [5.74, 6) is 0.228. The van der Waals surface area contributed by atoms with Crippen LogP contribution in [0.2, 0.25) is 10.0 Å². The van der Waals surface area contributed by atoms with Crippen molar-refractivity contribution in [3.8, 4) is 5.75 Å². The highest BCUT2D eigenvalue weighted by molar-refractivity contribution is 6.31. The van der Waals surface area contributed by atoms with E-state index in [9.17, 15) is 4.79 Å². The first kappa shape index (κ1) is 15.7. The number of rotatable bonds is 5. The Hall–Kier alpha value is -1.71. The third-order valence-electron chi connectivity index (χ3n) is 2.73. The minimum Gasteiger partial charge on any atom is -0.493 e. The van der Waals surface area contributed by atoms with E-state index >= 15 is 0 Å². The lowest BCUT2D eigenvalue weighted by molar-refractivity contribution is 0.102. The van der Waals surface area contributed by atoms with Crippen molar-refractivity contribution in [3.63, 3.8) is 0 Å². The quantitative estimate of drug-likeness (QED) is 0.837. The number of hydrogen-bond donors (Lipinski definition) is 1. The Morgan fingerprint density at radius 1 is 1.14 bits per heavy atom. The minimum absolute atomic E-state index is 0.286. The monoisotopic (exact) mass is 323 g/mol. The molecule has 0 saturated carbocycles. The molecule has 3 nitrogen and oxygen atoms in total. The number of amides is 1. The van der Waals surface area contributed by atoms with Crippen LogP contribution in [0.5, 0.6) is 5.75 Å². The molecule has 5 heteroatoms. The number of hydrogen-bond acceptors (Lipinski definition) is 2. The predicted molar refractivity (Wildman–Crippen MR) is 86.6 cm³/mol. The van der Waals surface area contributed by atoms with E-state index < -0.39 is 0 Å². The van der Waals surface area contributed by atoms with Gasteiger partial charge in [-0.2, -0.15) is 0 Å². The molecule has 1 amide bonds. The molecule has 2 aromatic rings. The van der Waals surface area contributed by atoms with Crippen molar-refractivity contribution in [2.24, 2.45) is 0 Å². The van der Waals surface area contributed by atoms with Crippen LogP contribution in [0.3, 0.4) is 0 Å². The number of halogens is 2. The number of ether oxygens (including phenoxy) is 1. The fourth-order valence-corrected chi connectivity index (χ4v) is 2.14. The SMILES string of the molecule is CCCOc1ccc(Cl)cc1C(=O)Nc1cccc(Cl)c1. The first-order chi connectivity index (χ1) is 10.1. The molecule has 0 fully saturated rings. The number of anilines is 1. The maximum atomic E-state index is 12.4. The Kier molecular flexibility index (Phi) is 5.48. The summed E-state index contributed by atoms with van der Waals surface area (Å²) in [5, 5.41) is 3.82. The van der Waals surface area contributed by atoms with Crippen LogP contribution in [0.25, 0.3) is 0 Å². The van der Waals surface area contributed by atoms with Gasteiger partial charge in [-0.15, -0.1) is 0 Å². The van der Waals surface area contributed by atoms with Gasteiger partial charge in [-0.1, -0.05) is 36.2 Å². The van der Waals surface area contributed by atoms with Crippen LogP contribution in [0.1, 0.15) is 23.7 Å². The lowest BCUT2D eigenvalue weighted by atomic mass is 10.1. The van der Waals surface area contributed by atoms with Crippen molar-refractivity contribution >= 4 is 34.8 Å².